The second-order valence-electron chi connectivity index (χ2n) is 6.09. The monoisotopic (exact) mass is 233 g/mol. The fourth-order valence-corrected chi connectivity index (χ4v) is 3.60. The highest BCUT2D eigenvalue weighted by Crippen LogP contribution is 2.38. The van der Waals surface area contributed by atoms with Crippen molar-refractivity contribution < 1.29 is 0 Å². The highest BCUT2D eigenvalue weighted by Gasteiger charge is 2.42. The van der Waals surface area contributed by atoms with Crippen molar-refractivity contribution in [3.63, 3.8) is 0 Å². The van der Waals surface area contributed by atoms with Gasteiger partial charge in [-0.3, -0.25) is 4.99 Å². The Morgan fingerprint density at radius 1 is 1.41 bits per heavy atom. The molecule has 0 aromatic heterocycles. The number of hydrogen-bond acceptors (Lipinski definition) is 3. The third-order valence-corrected chi connectivity index (χ3v) is 4.37. The molecule has 3 unspecified atom stereocenters. The van der Waals surface area contributed by atoms with Gasteiger partial charge in [0, 0.05) is 6.04 Å². The van der Waals surface area contributed by atoms with Crippen LogP contribution in [0.15, 0.2) is 16.6 Å². The highest BCUT2D eigenvalue weighted by atomic mass is 15.4. The molecule has 3 heteroatoms. The Hall–Kier alpha value is -0.990. The van der Waals surface area contributed by atoms with Crippen molar-refractivity contribution in [2.45, 2.75) is 51.6 Å². The summed E-state index contributed by atoms with van der Waals surface area (Å²) in [6.45, 7) is 5.52. The second-order valence-corrected chi connectivity index (χ2v) is 6.09. The Balaban J connectivity index is 1.74. The van der Waals surface area contributed by atoms with Gasteiger partial charge < -0.3 is 10.6 Å². The van der Waals surface area contributed by atoms with Crippen LogP contribution in [0.1, 0.15) is 39.5 Å². The van der Waals surface area contributed by atoms with Gasteiger partial charge >= 0.3 is 0 Å². The van der Waals surface area contributed by atoms with Gasteiger partial charge in [0.1, 0.15) is 0 Å². The van der Waals surface area contributed by atoms with Crippen LogP contribution in [0.5, 0.6) is 0 Å². The number of hydrogen-bond donors (Lipinski definition) is 1. The quantitative estimate of drug-likeness (QED) is 0.742. The average Bonchev–Trinajstić information content (AvgIpc) is 3.01. The molecular weight excluding hydrogens is 210 g/mol. The summed E-state index contributed by atoms with van der Waals surface area (Å²) >= 11 is 0. The number of guanidine groups is 1. The van der Waals surface area contributed by atoms with Gasteiger partial charge in [0.05, 0.1) is 12.6 Å². The van der Waals surface area contributed by atoms with E-state index in [0.29, 0.717) is 12.1 Å². The Labute approximate surface area is 104 Å². The first-order valence-corrected chi connectivity index (χ1v) is 6.90. The van der Waals surface area contributed by atoms with Crippen molar-refractivity contribution in [2.24, 2.45) is 22.6 Å². The minimum Gasteiger partial charge on any atom is -0.370 e. The molecule has 3 nitrogen and oxygen atoms in total. The van der Waals surface area contributed by atoms with Gasteiger partial charge in [-0.05, 0) is 44.4 Å². The highest BCUT2D eigenvalue weighted by molar-refractivity contribution is 5.80. The molecule has 0 aromatic rings. The molecule has 0 aromatic carbocycles. The lowest BCUT2D eigenvalue weighted by atomic mass is 9.79. The lowest BCUT2D eigenvalue weighted by Crippen LogP contribution is -2.46. The Morgan fingerprint density at radius 3 is 2.82 bits per heavy atom. The van der Waals surface area contributed by atoms with Crippen molar-refractivity contribution in [2.75, 3.05) is 6.54 Å². The van der Waals surface area contributed by atoms with E-state index in [-0.39, 0.29) is 0 Å². The van der Waals surface area contributed by atoms with Crippen LogP contribution in [0.2, 0.25) is 0 Å². The minimum atomic E-state index is 0.577. The van der Waals surface area contributed by atoms with E-state index in [1.54, 1.807) is 5.57 Å². The maximum atomic E-state index is 6.05. The van der Waals surface area contributed by atoms with E-state index in [9.17, 15) is 0 Å². The first-order valence-electron chi connectivity index (χ1n) is 6.90. The van der Waals surface area contributed by atoms with E-state index >= 15 is 0 Å². The number of aliphatic imine (C=N–C) groups is 1. The standard InChI is InChI=1S/C14H23N3/c1-9-5-10(2)7-11(6-9)13-8-16-14(15)17(13)12-3-4-12/h5,9,11-13H,3-4,6-8H2,1-2H3,(H2,15,16). The van der Waals surface area contributed by atoms with Crippen LogP contribution in [0.3, 0.4) is 0 Å². The summed E-state index contributed by atoms with van der Waals surface area (Å²) in [6.07, 6.45) is 7.58. The van der Waals surface area contributed by atoms with Gasteiger partial charge in [-0.25, -0.2) is 0 Å². The maximum absolute atomic E-state index is 6.05. The normalized spacial score (nSPS) is 38.0. The van der Waals surface area contributed by atoms with Gasteiger partial charge in [0.25, 0.3) is 0 Å². The van der Waals surface area contributed by atoms with Crippen molar-refractivity contribution >= 4 is 5.96 Å². The third kappa shape index (κ3) is 2.07. The molecule has 0 radical (unpaired) electrons. The van der Waals surface area contributed by atoms with E-state index in [1.165, 1.54) is 25.7 Å². The molecule has 0 bridgehead atoms. The largest absolute Gasteiger partial charge is 0.370 e. The van der Waals surface area contributed by atoms with Gasteiger partial charge in [-0.15, -0.1) is 0 Å². The van der Waals surface area contributed by atoms with Crippen LogP contribution in [0, 0.1) is 11.8 Å². The van der Waals surface area contributed by atoms with E-state index in [0.717, 1.165) is 24.3 Å². The molecule has 1 aliphatic heterocycles. The van der Waals surface area contributed by atoms with E-state index < -0.39 is 0 Å². The SMILES string of the molecule is CC1=CC(C)CC(C2CN=C(N)N2C2CC2)C1. The average molecular weight is 233 g/mol. The number of nitrogens with zero attached hydrogens (tertiary/aromatic N) is 2. The first-order chi connectivity index (χ1) is 8.15. The maximum Gasteiger partial charge on any atom is 0.191 e. The molecule has 3 rings (SSSR count). The van der Waals surface area contributed by atoms with Gasteiger partial charge in [0.2, 0.25) is 0 Å². The van der Waals surface area contributed by atoms with Crippen LogP contribution >= 0.6 is 0 Å². The summed E-state index contributed by atoms with van der Waals surface area (Å²) in [5.74, 6) is 2.27. The summed E-state index contributed by atoms with van der Waals surface area (Å²) < 4.78 is 0. The third-order valence-electron chi connectivity index (χ3n) is 4.37. The van der Waals surface area contributed by atoms with Crippen LogP contribution < -0.4 is 5.73 Å². The molecule has 0 amide bonds. The molecule has 0 spiro atoms. The van der Waals surface area contributed by atoms with Crippen LogP contribution in [0.25, 0.3) is 0 Å². The van der Waals surface area contributed by atoms with Crippen molar-refractivity contribution in [3.8, 4) is 0 Å². The predicted molar refractivity (Wildman–Crippen MR) is 70.8 cm³/mol. The summed E-state index contributed by atoms with van der Waals surface area (Å²) in [6, 6.07) is 1.28. The lowest BCUT2D eigenvalue weighted by molar-refractivity contribution is 0.212. The van der Waals surface area contributed by atoms with Crippen LogP contribution in [-0.4, -0.2) is 29.5 Å². The summed E-state index contributed by atoms with van der Waals surface area (Å²) in [7, 11) is 0. The van der Waals surface area contributed by atoms with Crippen molar-refractivity contribution in [1.82, 2.24) is 4.90 Å². The number of allylic oxidation sites excluding steroid dienone is 2. The van der Waals surface area contributed by atoms with E-state index in [4.69, 9.17) is 5.73 Å². The van der Waals surface area contributed by atoms with Gasteiger partial charge in [-0.2, -0.15) is 0 Å². The molecule has 1 fully saturated rings. The molecule has 2 aliphatic carbocycles. The molecule has 0 saturated heterocycles. The van der Waals surface area contributed by atoms with E-state index in [1.807, 2.05) is 0 Å². The Morgan fingerprint density at radius 2 is 2.18 bits per heavy atom. The predicted octanol–water partition coefficient (Wildman–Crippen LogP) is 2.14. The van der Waals surface area contributed by atoms with Crippen LogP contribution in [-0.2, 0) is 0 Å². The molecule has 3 atom stereocenters. The zero-order valence-electron chi connectivity index (χ0n) is 10.9. The van der Waals surface area contributed by atoms with Gasteiger partial charge in [0.15, 0.2) is 5.96 Å². The molecule has 94 valence electrons. The molecule has 17 heavy (non-hydrogen) atoms. The van der Waals surface area contributed by atoms with Crippen molar-refractivity contribution in [3.05, 3.63) is 11.6 Å². The summed E-state index contributed by atoms with van der Waals surface area (Å²) in [5, 5.41) is 0. The fraction of sp³-hybridized carbons (Fsp3) is 0.786. The number of nitrogens with two attached hydrogens (primary N) is 1. The molecule has 2 N–H and O–H groups in total. The molecule has 1 saturated carbocycles. The number of rotatable bonds is 2. The lowest BCUT2D eigenvalue weighted by Gasteiger charge is -2.36. The van der Waals surface area contributed by atoms with Crippen LogP contribution in [0.4, 0.5) is 0 Å². The Kier molecular flexibility index (Phi) is 2.64. The van der Waals surface area contributed by atoms with E-state index in [2.05, 4.69) is 29.8 Å². The molecule has 3 aliphatic rings. The second kappa shape index (κ2) is 4.04. The fourth-order valence-electron chi connectivity index (χ4n) is 3.60. The zero-order valence-corrected chi connectivity index (χ0v) is 10.9. The topological polar surface area (TPSA) is 41.6 Å². The Bertz CT molecular complexity index is 368. The molecular formula is C14H23N3. The van der Waals surface area contributed by atoms with Gasteiger partial charge in [-0.1, -0.05) is 18.6 Å². The summed E-state index contributed by atoms with van der Waals surface area (Å²) in [4.78, 5) is 6.91. The summed E-state index contributed by atoms with van der Waals surface area (Å²) in [5.41, 5.74) is 7.60. The smallest absolute Gasteiger partial charge is 0.191 e. The minimum absolute atomic E-state index is 0.577. The zero-order chi connectivity index (χ0) is 12.0. The molecule has 1 heterocycles. The van der Waals surface area contributed by atoms with Crippen molar-refractivity contribution in [1.29, 1.82) is 0 Å². The first kappa shape index (κ1) is 11.1.